The second-order valence-electron chi connectivity index (χ2n) is 4.59. The van der Waals surface area contributed by atoms with E-state index in [0.717, 1.165) is 17.2 Å². The van der Waals surface area contributed by atoms with Crippen molar-refractivity contribution in [3.63, 3.8) is 0 Å². The van der Waals surface area contributed by atoms with Crippen LogP contribution in [0.4, 0.5) is 5.69 Å². The van der Waals surface area contributed by atoms with Gasteiger partial charge in [0.15, 0.2) is 0 Å². The van der Waals surface area contributed by atoms with E-state index >= 15 is 0 Å². The molecule has 0 spiro atoms. The molecule has 3 N–H and O–H groups in total. The molecule has 82 valence electrons. The van der Waals surface area contributed by atoms with Crippen LogP contribution in [0.3, 0.4) is 0 Å². The van der Waals surface area contributed by atoms with Crippen LogP contribution in [0.25, 0.3) is 10.8 Å². The molecule has 0 bridgehead atoms. The van der Waals surface area contributed by atoms with Gasteiger partial charge in [-0.15, -0.1) is 0 Å². The Kier molecular flexibility index (Phi) is 2.03. The summed E-state index contributed by atoms with van der Waals surface area (Å²) in [6, 6.07) is 8.04. The Morgan fingerprint density at radius 1 is 0.875 bits per heavy atom. The van der Waals surface area contributed by atoms with E-state index in [-0.39, 0.29) is 5.75 Å². The highest BCUT2D eigenvalue weighted by Gasteiger charge is 2.11. The number of hydrogen-bond acceptors (Lipinski definition) is 2. The van der Waals surface area contributed by atoms with E-state index in [1.807, 2.05) is 6.07 Å². The Balaban J connectivity index is 2.27. The molecule has 1 aliphatic rings. The summed E-state index contributed by atoms with van der Waals surface area (Å²) in [7, 11) is 0. The maximum atomic E-state index is 9.60. The first-order valence-electron chi connectivity index (χ1n) is 5.78. The van der Waals surface area contributed by atoms with Crippen LogP contribution in [-0.2, 0) is 12.8 Å². The monoisotopic (exact) mass is 213 g/mol. The molecular formula is C14H15NO. The van der Waals surface area contributed by atoms with Gasteiger partial charge in [-0.05, 0) is 59.7 Å². The van der Waals surface area contributed by atoms with Crippen LogP contribution < -0.4 is 5.73 Å². The number of anilines is 1. The molecule has 1 aliphatic carbocycles. The van der Waals surface area contributed by atoms with Crippen molar-refractivity contribution < 1.29 is 5.11 Å². The molecule has 0 amide bonds. The molecule has 3 rings (SSSR count). The first-order valence-corrected chi connectivity index (χ1v) is 5.78. The zero-order valence-corrected chi connectivity index (χ0v) is 9.16. The molecule has 2 nitrogen and oxygen atoms in total. The van der Waals surface area contributed by atoms with E-state index in [4.69, 9.17) is 5.73 Å². The Hall–Kier alpha value is -1.70. The van der Waals surface area contributed by atoms with Gasteiger partial charge >= 0.3 is 0 Å². The summed E-state index contributed by atoms with van der Waals surface area (Å²) >= 11 is 0. The lowest BCUT2D eigenvalue weighted by Crippen LogP contribution is -2.02. The van der Waals surface area contributed by atoms with Gasteiger partial charge in [0.25, 0.3) is 0 Å². The highest BCUT2D eigenvalue weighted by Crippen LogP contribution is 2.31. The summed E-state index contributed by atoms with van der Waals surface area (Å²) < 4.78 is 0. The third kappa shape index (κ3) is 1.42. The molecule has 0 radical (unpaired) electrons. The number of hydrogen-bond donors (Lipinski definition) is 2. The average Bonchev–Trinajstić information content (AvgIpc) is 2.28. The predicted octanol–water partition coefficient (Wildman–Crippen LogP) is 3.01. The molecular weight excluding hydrogens is 198 g/mol. The fraction of sp³-hybridized carbons (Fsp3) is 0.286. The normalized spacial score (nSPS) is 15.0. The van der Waals surface area contributed by atoms with E-state index in [0.29, 0.717) is 5.69 Å². The SMILES string of the molecule is Nc1cc2cc3c(cc2cc1O)CCCC3. The van der Waals surface area contributed by atoms with Gasteiger partial charge in [-0.2, -0.15) is 0 Å². The van der Waals surface area contributed by atoms with Gasteiger partial charge in [0.2, 0.25) is 0 Å². The number of nitrogens with two attached hydrogens (primary N) is 1. The third-order valence-corrected chi connectivity index (χ3v) is 3.45. The molecule has 0 saturated carbocycles. The summed E-state index contributed by atoms with van der Waals surface area (Å²) in [5.41, 5.74) is 9.05. The van der Waals surface area contributed by atoms with Gasteiger partial charge in [0, 0.05) is 0 Å². The molecule has 0 saturated heterocycles. The van der Waals surface area contributed by atoms with Gasteiger partial charge in [0.1, 0.15) is 5.75 Å². The molecule has 0 fully saturated rings. The van der Waals surface area contributed by atoms with Crippen molar-refractivity contribution in [1.29, 1.82) is 0 Å². The predicted molar refractivity (Wildman–Crippen MR) is 66.7 cm³/mol. The quantitative estimate of drug-likeness (QED) is 0.522. The second kappa shape index (κ2) is 3.41. The number of phenolic OH excluding ortho intramolecular Hbond substituents is 1. The van der Waals surface area contributed by atoms with Crippen LogP contribution in [0.5, 0.6) is 5.75 Å². The number of rotatable bonds is 0. The molecule has 0 atom stereocenters. The van der Waals surface area contributed by atoms with Crippen LogP contribution >= 0.6 is 0 Å². The summed E-state index contributed by atoms with van der Waals surface area (Å²) in [5.74, 6) is 0.184. The number of phenols is 1. The number of nitrogen functional groups attached to an aromatic ring is 1. The smallest absolute Gasteiger partial charge is 0.139 e. The minimum atomic E-state index is 0.184. The van der Waals surface area contributed by atoms with Crippen LogP contribution in [0.2, 0.25) is 0 Å². The fourth-order valence-corrected chi connectivity index (χ4v) is 2.55. The van der Waals surface area contributed by atoms with E-state index in [2.05, 4.69) is 12.1 Å². The zero-order chi connectivity index (χ0) is 11.1. The number of aromatic hydroxyl groups is 1. The highest BCUT2D eigenvalue weighted by atomic mass is 16.3. The van der Waals surface area contributed by atoms with Crippen LogP contribution in [0.1, 0.15) is 24.0 Å². The molecule has 2 heteroatoms. The van der Waals surface area contributed by atoms with Crippen molar-refractivity contribution in [3.05, 3.63) is 35.4 Å². The fourth-order valence-electron chi connectivity index (χ4n) is 2.55. The van der Waals surface area contributed by atoms with Crippen LogP contribution in [0.15, 0.2) is 24.3 Å². The zero-order valence-electron chi connectivity index (χ0n) is 9.16. The molecule has 0 unspecified atom stereocenters. The van der Waals surface area contributed by atoms with Gasteiger partial charge in [0.05, 0.1) is 5.69 Å². The summed E-state index contributed by atoms with van der Waals surface area (Å²) in [4.78, 5) is 0. The van der Waals surface area contributed by atoms with E-state index in [1.54, 1.807) is 6.07 Å². The van der Waals surface area contributed by atoms with Gasteiger partial charge in [-0.3, -0.25) is 0 Å². The van der Waals surface area contributed by atoms with Crippen LogP contribution in [0, 0.1) is 0 Å². The van der Waals surface area contributed by atoms with Crippen molar-refractivity contribution in [1.82, 2.24) is 0 Å². The molecule has 2 aromatic carbocycles. The highest BCUT2D eigenvalue weighted by molar-refractivity contribution is 5.89. The lowest BCUT2D eigenvalue weighted by Gasteiger charge is -2.16. The number of fused-ring (bicyclic) bond motifs is 2. The van der Waals surface area contributed by atoms with Gasteiger partial charge < -0.3 is 10.8 Å². The topological polar surface area (TPSA) is 46.2 Å². The lowest BCUT2D eigenvalue weighted by molar-refractivity contribution is 0.479. The van der Waals surface area contributed by atoms with Gasteiger partial charge in [-0.1, -0.05) is 12.1 Å². The van der Waals surface area contributed by atoms with Crippen molar-refractivity contribution in [3.8, 4) is 5.75 Å². The largest absolute Gasteiger partial charge is 0.506 e. The number of benzene rings is 2. The van der Waals surface area contributed by atoms with Crippen molar-refractivity contribution in [2.45, 2.75) is 25.7 Å². The Bertz CT molecular complexity index is 510. The Morgan fingerprint density at radius 2 is 1.44 bits per heavy atom. The second-order valence-corrected chi connectivity index (χ2v) is 4.59. The Morgan fingerprint density at radius 3 is 2.06 bits per heavy atom. The molecule has 16 heavy (non-hydrogen) atoms. The van der Waals surface area contributed by atoms with E-state index in [9.17, 15) is 5.11 Å². The molecule has 0 aromatic heterocycles. The molecule has 0 heterocycles. The standard InChI is InChI=1S/C14H15NO/c15-13-7-11-5-9-3-1-2-4-10(9)6-12(11)8-14(13)16/h5-8,16H,1-4,15H2. The maximum Gasteiger partial charge on any atom is 0.139 e. The third-order valence-electron chi connectivity index (χ3n) is 3.45. The first-order chi connectivity index (χ1) is 7.74. The molecule has 2 aromatic rings. The van der Waals surface area contributed by atoms with E-state index in [1.165, 1.54) is 30.4 Å². The summed E-state index contributed by atoms with van der Waals surface area (Å²) in [6.07, 6.45) is 4.90. The minimum Gasteiger partial charge on any atom is -0.506 e. The summed E-state index contributed by atoms with van der Waals surface area (Å²) in [5, 5.41) is 11.8. The van der Waals surface area contributed by atoms with Crippen molar-refractivity contribution in [2.24, 2.45) is 0 Å². The maximum absolute atomic E-state index is 9.60. The molecule has 0 aliphatic heterocycles. The van der Waals surface area contributed by atoms with E-state index < -0.39 is 0 Å². The lowest BCUT2D eigenvalue weighted by atomic mass is 9.89. The summed E-state index contributed by atoms with van der Waals surface area (Å²) in [6.45, 7) is 0. The average molecular weight is 213 g/mol. The first kappa shape index (κ1) is 9.52. The van der Waals surface area contributed by atoms with Crippen molar-refractivity contribution >= 4 is 16.5 Å². The Labute approximate surface area is 94.7 Å². The van der Waals surface area contributed by atoms with Crippen molar-refractivity contribution in [2.75, 3.05) is 5.73 Å². The van der Waals surface area contributed by atoms with Gasteiger partial charge in [-0.25, -0.2) is 0 Å². The van der Waals surface area contributed by atoms with Crippen LogP contribution in [-0.4, -0.2) is 5.11 Å². The minimum absolute atomic E-state index is 0.184. The number of aryl methyl sites for hydroxylation is 2.